The molecule has 4 rings (SSSR count). The van der Waals surface area contributed by atoms with Crippen molar-refractivity contribution in [1.82, 2.24) is 4.98 Å². The van der Waals surface area contributed by atoms with Crippen LogP contribution in [0.3, 0.4) is 0 Å². The molecule has 0 aliphatic carbocycles. The zero-order valence-electron chi connectivity index (χ0n) is 16.8. The molecular weight excluding hydrogens is 434 g/mol. The molecule has 0 saturated heterocycles. The molecule has 3 aromatic carbocycles. The van der Waals surface area contributed by atoms with Gasteiger partial charge >= 0.3 is 0 Å². The molecule has 6 nitrogen and oxygen atoms in total. The summed E-state index contributed by atoms with van der Waals surface area (Å²) in [7, 11) is -6.78. The van der Waals surface area contributed by atoms with Crippen molar-refractivity contribution in [2.75, 3.05) is 12.5 Å². The van der Waals surface area contributed by atoms with E-state index in [1.807, 2.05) is 30.3 Å². The first-order valence-corrected chi connectivity index (χ1v) is 13.1. The smallest absolute Gasteiger partial charge is 0.177 e. The van der Waals surface area contributed by atoms with E-state index in [1.165, 1.54) is 12.1 Å². The van der Waals surface area contributed by atoms with Gasteiger partial charge in [-0.1, -0.05) is 30.3 Å². The fraction of sp³-hybridized carbons (Fsp3) is 0.0870. The number of ether oxygens (including phenoxy) is 1. The standard InChI is InChI=1S/C23H19NO5S2/c1-30(25,26)19-9-4-8-18(15-19)29-17-7-3-6-16(14-17)20-12-13-24-23-21(20)10-5-11-22(23)31(2,27)28/h3-15H,1-2H3. The first-order chi connectivity index (χ1) is 14.6. The highest BCUT2D eigenvalue weighted by molar-refractivity contribution is 7.91. The van der Waals surface area contributed by atoms with Crippen LogP contribution in [0, 0.1) is 0 Å². The predicted octanol–water partition coefficient (Wildman–Crippen LogP) is 4.50. The van der Waals surface area contributed by atoms with E-state index in [0.717, 1.165) is 23.6 Å². The predicted molar refractivity (Wildman–Crippen MR) is 120 cm³/mol. The minimum atomic E-state index is -3.43. The molecule has 0 N–H and O–H groups in total. The van der Waals surface area contributed by atoms with Gasteiger partial charge in [0.2, 0.25) is 0 Å². The molecule has 31 heavy (non-hydrogen) atoms. The average molecular weight is 454 g/mol. The summed E-state index contributed by atoms with van der Waals surface area (Å²) in [4.78, 5) is 4.64. The summed E-state index contributed by atoms with van der Waals surface area (Å²) in [5.41, 5.74) is 2.04. The van der Waals surface area contributed by atoms with E-state index in [9.17, 15) is 16.8 Å². The van der Waals surface area contributed by atoms with Crippen molar-refractivity contribution in [2.24, 2.45) is 0 Å². The minimum Gasteiger partial charge on any atom is -0.457 e. The zero-order chi connectivity index (χ0) is 22.2. The van der Waals surface area contributed by atoms with Crippen molar-refractivity contribution < 1.29 is 21.6 Å². The molecule has 1 heterocycles. The number of para-hydroxylation sites is 1. The summed E-state index contributed by atoms with van der Waals surface area (Å²) in [5, 5.41) is 0.710. The molecule has 0 unspecified atom stereocenters. The Hall–Kier alpha value is -3.23. The summed E-state index contributed by atoms with van der Waals surface area (Å²) in [6, 6.07) is 20.5. The van der Waals surface area contributed by atoms with Gasteiger partial charge in [0, 0.05) is 24.1 Å². The maximum absolute atomic E-state index is 12.1. The summed E-state index contributed by atoms with van der Waals surface area (Å²) in [6.07, 6.45) is 3.89. The van der Waals surface area contributed by atoms with Gasteiger partial charge in [-0.25, -0.2) is 16.8 Å². The molecule has 0 radical (unpaired) electrons. The summed E-state index contributed by atoms with van der Waals surface area (Å²) in [5.74, 6) is 0.923. The maximum Gasteiger partial charge on any atom is 0.177 e. The van der Waals surface area contributed by atoms with Gasteiger partial charge in [-0.3, -0.25) is 4.98 Å². The number of benzene rings is 3. The normalized spacial score (nSPS) is 12.1. The second kappa shape index (κ2) is 7.79. The molecule has 0 bridgehead atoms. The summed E-state index contributed by atoms with van der Waals surface area (Å²) >= 11 is 0. The number of sulfone groups is 2. The molecule has 0 saturated carbocycles. The average Bonchev–Trinajstić information content (AvgIpc) is 2.72. The Balaban J connectivity index is 1.77. The fourth-order valence-corrected chi connectivity index (χ4v) is 4.83. The van der Waals surface area contributed by atoms with Gasteiger partial charge in [0.05, 0.1) is 15.3 Å². The van der Waals surface area contributed by atoms with E-state index in [-0.39, 0.29) is 9.79 Å². The van der Waals surface area contributed by atoms with Gasteiger partial charge in [-0.15, -0.1) is 0 Å². The third kappa shape index (κ3) is 4.45. The number of nitrogens with zero attached hydrogens (tertiary/aromatic N) is 1. The monoisotopic (exact) mass is 453 g/mol. The Labute approximate surface area is 181 Å². The van der Waals surface area contributed by atoms with Gasteiger partial charge in [-0.2, -0.15) is 0 Å². The van der Waals surface area contributed by atoms with Crippen LogP contribution in [-0.4, -0.2) is 34.3 Å². The lowest BCUT2D eigenvalue weighted by molar-refractivity contribution is 0.481. The molecule has 4 aromatic rings. The van der Waals surface area contributed by atoms with Crippen LogP contribution in [0.5, 0.6) is 11.5 Å². The van der Waals surface area contributed by atoms with Crippen LogP contribution in [0.15, 0.2) is 88.8 Å². The lowest BCUT2D eigenvalue weighted by atomic mass is 10.0. The molecule has 0 aliphatic heterocycles. The largest absolute Gasteiger partial charge is 0.457 e. The van der Waals surface area contributed by atoms with Crippen LogP contribution < -0.4 is 4.74 Å². The molecule has 1 aromatic heterocycles. The third-order valence-electron chi connectivity index (χ3n) is 4.75. The first kappa shape index (κ1) is 21.0. The van der Waals surface area contributed by atoms with Crippen LogP contribution in [-0.2, 0) is 19.7 Å². The lowest BCUT2D eigenvalue weighted by Gasteiger charge is -2.11. The molecule has 8 heteroatoms. The number of hydrogen-bond donors (Lipinski definition) is 0. The number of aromatic nitrogens is 1. The Morgan fingerprint density at radius 1 is 0.742 bits per heavy atom. The van der Waals surface area contributed by atoms with Crippen LogP contribution in [0.25, 0.3) is 22.0 Å². The van der Waals surface area contributed by atoms with Crippen LogP contribution in [0.2, 0.25) is 0 Å². The molecule has 0 atom stereocenters. The molecule has 158 valence electrons. The van der Waals surface area contributed by atoms with E-state index in [2.05, 4.69) is 4.98 Å². The van der Waals surface area contributed by atoms with E-state index < -0.39 is 19.7 Å². The SMILES string of the molecule is CS(=O)(=O)c1cccc(Oc2cccc(-c3ccnc4c(S(C)(=O)=O)cccc34)c2)c1. The molecule has 0 aliphatic rings. The van der Waals surface area contributed by atoms with E-state index in [0.29, 0.717) is 22.4 Å². The molecular formula is C23H19NO5S2. The molecule has 0 spiro atoms. The number of hydrogen-bond acceptors (Lipinski definition) is 6. The van der Waals surface area contributed by atoms with Crippen molar-refractivity contribution in [1.29, 1.82) is 0 Å². The van der Waals surface area contributed by atoms with Crippen molar-refractivity contribution >= 4 is 30.6 Å². The minimum absolute atomic E-state index is 0.176. The Morgan fingerprint density at radius 2 is 1.42 bits per heavy atom. The van der Waals surface area contributed by atoms with E-state index >= 15 is 0 Å². The van der Waals surface area contributed by atoms with Crippen molar-refractivity contribution in [3.05, 3.63) is 79.0 Å². The highest BCUT2D eigenvalue weighted by Crippen LogP contribution is 2.33. The number of rotatable bonds is 5. The summed E-state index contributed by atoms with van der Waals surface area (Å²) < 4.78 is 53.8. The fourth-order valence-electron chi connectivity index (χ4n) is 3.33. The quantitative estimate of drug-likeness (QED) is 0.442. The lowest BCUT2D eigenvalue weighted by Crippen LogP contribution is -1.99. The highest BCUT2D eigenvalue weighted by Gasteiger charge is 2.15. The molecule has 0 amide bonds. The maximum atomic E-state index is 12.1. The van der Waals surface area contributed by atoms with Gasteiger partial charge in [0.1, 0.15) is 11.5 Å². The zero-order valence-corrected chi connectivity index (χ0v) is 18.4. The van der Waals surface area contributed by atoms with Crippen molar-refractivity contribution in [3.63, 3.8) is 0 Å². The van der Waals surface area contributed by atoms with Gasteiger partial charge in [0.25, 0.3) is 0 Å². The van der Waals surface area contributed by atoms with E-state index in [1.54, 1.807) is 36.5 Å². The van der Waals surface area contributed by atoms with Gasteiger partial charge in [-0.05, 0) is 53.6 Å². The number of fused-ring (bicyclic) bond motifs is 1. The van der Waals surface area contributed by atoms with Crippen LogP contribution in [0.4, 0.5) is 0 Å². The van der Waals surface area contributed by atoms with Crippen molar-refractivity contribution in [2.45, 2.75) is 9.79 Å². The van der Waals surface area contributed by atoms with Gasteiger partial charge in [0.15, 0.2) is 19.7 Å². The Kier molecular flexibility index (Phi) is 5.28. The first-order valence-electron chi connectivity index (χ1n) is 9.29. The third-order valence-corrected chi connectivity index (χ3v) is 6.99. The molecule has 0 fully saturated rings. The second-order valence-electron chi connectivity index (χ2n) is 7.16. The number of pyridine rings is 1. The Morgan fingerprint density at radius 3 is 2.13 bits per heavy atom. The topological polar surface area (TPSA) is 90.4 Å². The van der Waals surface area contributed by atoms with Gasteiger partial charge < -0.3 is 4.74 Å². The Bertz CT molecular complexity index is 1510. The van der Waals surface area contributed by atoms with Crippen LogP contribution in [0.1, 0.15) is 0 Å². The second-order valence-corrected chi connectivity index (χ2v) is 11.2. The highest BCUT2D eigenvalue weighted by atomic mass is 32.2. The summed E-state index contributed by atoms with van der Waals surface area (Å²) in [6.45, 7) is 0. The van der Waals surface area contributed by atoms with Crippen LogP contribution >= 0.6 is 0 Å². The van der Waals surface area contributed by atoms with E-state index in [4.69, 9.17) is 4.74 Å². The van der Waals surface area contributed by atoms with Crippen molar-refractivity contribution in [3.8, 4) is 22.6 Å².